The van der Waals surface area contributed by atoms with Gasteiger partial charge in [-0.3, -0.25) is 4.79 Å². The molecule has 0 bridgehead atoms. The molecule has 29 heavy (non-hydrogen) atoms. The highest BCUT2D eigenvalue weighted by Crippen LogP contribution is 2.25. The van der Waals surface area contributed by atoms with Gasteiger partial charge in [0.05, 0.1) is 6.04 Å². The summed E-state index contributed by atoms with van der Waals surface area (Å²) in [7, 11) is 0. The topological polar surface area (TPSA) is 41.6 Å². The number of halogens is 1. The Kier molecular flexibility index (Phi) is 7.07. The average Bonchev–Trinajstić information content (AvgIpc) is 2.71. The van der Waals surface area contributed by atoms with E-state index in [9.17, 15) is 4.79 Å². The zero-order valence-corrected chi connectivity index (χ0v) is 18.5. The number of amides is 1. The van der Waals surface area contributed by atoms with Crippen LogP contribution >= 0.6 is 11.6 Å². The summed E-state index contributed by atoms with van der Waals surface area (Å²) in [4.78, 5) is 15.0. The third kappa shape index (κ3) is 5.66. The zero-order valence-electron chi connectivity index (χ0n) is 17.7. The molecule has 1 N–H and O–H groups in total. The Morgan fingerprint density at radius 3 is 2.41 bits per heavy atom. The van der Waals surface area contributed by atoms with Gasteiger partial charge >= 0.3 is 0 Å². The predicted molar refractivity (Wildman–Crippen MR) is 120 cm³/mol. The molecular formula is C24H31ClN2O2. The molecule has 2 aromatic rings. The van der Waals surface area contributed by atoms with Crippen molar-refractivity contribution in [1.82, 2.24) is 5.32 Å². The highest BCUT2D eigenvalue weighted by Gasteiger charge is 2.19. The Morgan fingerprint density at radius 1 is 1.14 bits per heavy atom. The van der Waals surface area contributed by atoms with Crippen molar-refractivity contribution in [1.29, 1.82) is 0 Å². The zero-order chi connectivity index (χ0) is 21.0. The van der Waals surface area contributed by atoms with Crippen molar-refractivity contribution < 1.29 is 9.53 Å². The first-order valence-corrected chi connectivity index (χ1v) is 10.8. The van der Waals surface area contributed by atoms with Crippen LogP contribution in [0.5, 0.6) is 5.75 Å². The molecule has 0 spiro atoms. The molecule has 1 amide bonds. The number of hydrogen-bond donors (Lipinski definition) is 1. The molecule has 0 saturated carbocycles. The molecule has 1 aliphatic rings. The molecule has 0 aliphatic carbocycles. The molecule has 156 valence electrons. The van der Waals surface area contributed by atoms with Crippen LogP contribution in [-0.4, -0.2) is 25.1 Å². The standard InChI is InChI=1S/C24H31ClN2O2/c1-16-11-13-27(14-12-16)21-7-5-20(6-8-21)18(3)26-24(28)19(4)29-22-9-10-23(25)17(2)15-22/h5-10,15-16,18-19H,11-14H2,1-4H3,(H,26,28)/t18-,19-/m1/s1. The van der Waals surface area contributed by atoms with Crippen LogP contribution in [0, 0.1) is 12.8 Å². The molecule has 1 saturated heterocycles. The molecule has 0 radical (unpaired) electrons. The van der Waals surface area contributed by atoms with Gasteiger partial charge in [-0.05, 0) is 81.0 Å². The molecule has 0 unspecified atom stereocenters. The Bertz CT molecular complexity index is 829. The SMILES string of the molecule is Cc1cc(O[C@H](C)C(=O)N[C@H](C)c2ccc(N3CCC(C)CC3)cc2)ccc1Cl. The summed E-state index contributed by atoms with van der Waals surface area (Å²) in [5.41, 5.74) is 3.27. The van der Waals surface area contributed by atoms with Crippen LogP contribution in [-0.2, 0) is 4.79 Å². The minimum absolute atomic E-state index is 0.0871. The lowest BCUT2D eigenvalue weighted by molar-refractivity contribution is -0.127. The second kappa shape index (κ2) is 9.53. The van der Waals surface area contributed by atoms with Gasteiger partial charge in [0.25, 0.3) is 5.91 Å². The first-order chi connectivity index (χ1) is 13.8. The molecule has 4 nitrogen and oxygen atoms in total. The number of nitrogens with zero attached hydrogens (tertiary/aromatic N) is 1. The first kappa shape index (κ1) is 21.5. The number of nitrogens with one attached hydrogen (secondary N) is 1. The highest BCUT2D eigenvalue weighted by atomic mass is 35.5. The summed E-state index contributed by atoms with van der Waals surface area (Å²) in [6.45, 7) is 10.2. The second-order valence-electron chi connectivity index (χ2n) is 8.16. The van der Waals surface area contributed by atoms with Crippen LogP contribution < -0.4 is 15.0 Å². The van der Waals surface area contributed by atoms with Gasteiger partial charge in [-0.25, -0.2) is 0 Å². The molecule has 1 heterocycles. The number of rotatable bonds is 6. The van der Waals surface area contributed by atoms with Gasteiger partial charge in [-0.1, -0.05) is 30.7 Å². The number of aryl methyl sites for hydroxylation is 1. The molecule has 2 aromatic carbocycles. The summed E-state index contributed by atoms with van der Waals surface area (Å²) in [6.07, 6.45) is 1.91. The van der Waals surface area contributed by atoms with Gasteiger partial charge in [-0.15, -0.1) is 0 Å². The van der Waals surface area contributed by atoms with E-state index in [-0.39, 0.29) is 11.9 Å². The van der Waals surface area contributed by atoms with E-state index in [0.29, 0.717) is 10.8 Å². The average molecular weight is 415 g/mol. The summed E-state index contributed by atoms with van der Waals surface area (Å²) in [6, 6.07) is 13.8. The van der Waals surface area contributed by atoms with Crippen molar-refractivity contribution in [3.05, 3.63) is 58.6 Å². The van der Waals surface area contributed by atoms with E-state index < -0.39 is 6.10 Å². The Balaban J connectivity index is 1.55. The number of carbonyl (C=O) groups is 1. The van der Waals surface area contributed by atoms with Gasteiger partial charge in [0, 0.05) is 23.8 Å². The van der Waals surface area contributed by atoms with E-state index in [1.165, 1.54) is 18.5 Å². The largest absolute Gasteiger partial charge is 0.481 e. The number of anilines is 1. The van der Waals surface area contributed by atoms with Crippen LogP contribution in [0.3, 0.4) is 0 Å². The van der Waals surface area contributed by atoms with Crippen LogP contribution in [0.15, 0.2) is 42.5 Å². The van der Waals surface area contributed by atoms with Gasteiger partial charge in [-0.2, -0.15) is 0 Å². The maximum Gasteiger partial charge on any atom is 0.261 e. The monoisotopic (exact) mass is 414 g/mol. The van der Waals surface area contributed by atoms with Gasteiger partial charge in [0.2, 0.25) is 0 Å². The Morgan fingerprint density at radius 2 is 1.79 bits per heavy atom. The summed E-state index contributed by atoms with van der Waals surface area (Å²) >= 11 is 6.05. The van der Waals surface area contributed by atoms with E-state index in [1.807, 2.05) is 19.9 Å². The predicted octanol–water partition coefficient (Wildman–Crippen LogP) is 5.53. The Labute approximate surface area is 179 Å². The fourth-order valence-corrected chi connectivity index (χ4v) is 3.72. The molecule has 1 fully saturated rings. The number of hydrogen-bond acceptors (Lipinski definition) is 3. The van der Waals surface area contributed by atoms with E-state index in [2.05, 4.69) is 41.4 Å². The lowest BCUT2D eigenvalue weighted by atomic mass is 9.98. The molecular weight excluding hydrogens is 384 g/mol. The summed E-state index contributed by atoms with van der Waals surface area (Å²) in [5.74, 6) is 1.32. The highest BCUT2D eigenvalue weighted by molar-refractivity contribution is 6.31. The van der Waals surface area contributed by atoms with Gasteiger partial charge in [0.1, 0.15) is 5.75 Å². The van der Waals surface area contributed by atoms with E-state index in [0.717, 1.165) is 30.1 Å². The van der Waals surface area contributed by atoms with Crippen molar-refractivity contribution in [2.45, 2.75) is 52.7 Å². The van der Waals surface area contributed by atoms with Crippen molar-refractivity contribution in [3.8, 4) is 5.75 Å². The normalized spacial score (nSPS) is 16.9. The minimum Gasteiger partial charge on any atom is -0.481 e. The number of carbonyl (C=O) groups excluding carboxylic acids is 1. The van der Waals surface area contributed by atoms with E-state index in [4.69, 9.17) is 16.3 Å². The second-order valence-corrected chi connectivity index (χ2v) is 8.57. The molecule has 3 rings (SSSR count). The molecule has 5 heteroatoms. The van der Waals surface area contributed by atoms with Crippen molar-refractivity contribution in [3.63, 3.8) is 0 Å². The van der Waals surface area contributed by atoms with E-state index in [1.54, 1.807) is 19.1 Å². The van der Waals surface area contributed by atoms with Crippen LogP contribution in [0.4, 0.5) is 5.69 Å². The quantitative estimate of drug-likeness (QED) is 0.675. The van der Waals surface area contributed by atoms with Gasteiger partial charge < -0.3 is 15.0 Å². The van der Waals surface area contributed by atoms with Crippen molar-refractivity contribution in [2.24, 2.45) is 5.92 Å². The molecule has 2 atom stereocenters. The van der Waals surface area contributed by atoms with E-state index >= 15 is 0 Å². The van der Waals surface area contributed by atoms with Crippen LogP contribution in [0.2, 0.25) is 5.02 Å². The van der Waals surface area contributed by atoms with Crippen LogP contribution in [0.1, 0.15) is 50.8 Å². The smallest absolute Gasteiger partial charge is 0.261 e. The van der Waals surface area contributed by atoms with Crippen LogP contribution in [0.25, 0.3) is 0 Å². The van der Waals surface area contributed by atoms with Gasteiger partial charge in [0.15, 0.2) is 6.10 Å². The molecule has 1 aliphatic heterocycles. The third-order valence-electron chi connectivity index (χ3n) is 5.71. The first-order valence-electron chi connectivity index (χ1n) is 10.4. The molecule has 0 aromatic heterocycles. The summed E-state index contributed by atoms with van der Waals surface area (Å²) < 4.78 is 5.78. The Hall–Kier alpha value is -2.20. The minimum atomic E-state index is -0.590. The lowest BCUT2D eigenvalue weighted by Gasteiger charge is -2.32. The van der Waals surface area contributed by atoms with Crippen molar-refractivity contribution >= 4 is 23.2 Å². The third-order valence-corrected chi connectivity index (χ3v) is 6.14. The fourth-order valence-electron chi connectivity index (χ4n) is 3.60. The maximum absolute atomic E-state index is 12.6. The summed E-state index contributed by atoms with van der Waals surface area (Å²) in [5, 5.41) is 3.73. The number of ether oxygens (including phenoxy) is 1. The number of piperidine rings is 1. The van der Waals surface area contributed by atoms with Crippen molar-refractivity contribution in [2.75, 3.05) is 18.0 Å². The number of benzene rings is 2. The maximum atomic E-state index is 12.6. The lowest BCUT2D eigenvalue weighted by Crippen LogP contribution is -2.37. The fraction of sp³-hybridized carbons (Fsp3) is 0.458.